The molecule has 0 bridgehead atoms. The Hall–Kier alpha value is -0.430. The zero-order valence-electron chi connectivity index (χ0n) is 9.14. The molecule has 0 aromatic carbocycles. The van der Waals surface area contributed by atoms with Crippen molar-refractivity contribution < 1.29 is 13.5 Å². The molecule has 0 saturated carbocycles. The molecule has 0 aliphatic carbocycles. The lowest BCUT2D eigenvalue weighted by Crippen LogP contribution is -2.27. The highest BCUT2D eigenvalue weighted by Gasteiger charge is 2.29. The number of aliphatic hydroxyl groups is 1. The van der Waals surface area contributed by atoms with Gasteiger partial charge < -0.3 is 5.11 Å². The molecule has 0 unspecified atom stereocenters. The smallest absolute Gasteiger partial charge is 0.244 e. The van der Waals surface area contributed by atoms with Crippen molar-refractivity contribution in [3.63, 3.8) is 0 Å². The number of aliphatic hydroxyl groups excluding tert-OH is 1. The number of thiophene rings is 1. The van der Waals surface area contributed by atoms with E-state index in [0.29, 0.717) is 22.9 Å². The molecule has 1 saturated heterocycles. The molecule has 90 valence electrons. The molecular formula is C10H15NO3S2. The van der Waals surface area contributed by atoms with Crippen molar-refractivity contribution in [3.05, 3.63) is 15.8 Å². The van der Waals surface area contributed by atoms with Gasteiger partial charge in [0.25, 0.3) is 0 Å². The second-order valence-electron chi connectivity index (χ2n) is 3.90. The van der Waals surface area contributed by atoms with Crippen LogP contribution in [0.4, 0.5) is 0 Å². The summed E-state index contributed by atoms with van der Waals surface area (Å²) in [5, 5.41) is 9.01. The van der Waals surface area contributed by atoms with Gasteiger partial charge in [0, 0.05) is 22.8 Å². The first-order valence-corrected chi connectivity index (χ1v) is 7.51. The van der Waals surface area contributed by atoms with E-state index in [-0.39, 0.29) is 6.61 Å². The Morgan fingerprint density at radius 3 is 2.56 bits per heavy atom. The molecule has 0 radical (unpaired) electrons. The topological polar surface area (TPSA) is 57.6 Å². The van der Waals surface area contributed by atoms with Crippen LogP contribution in [0.1, 0.15) is 22.6 Å². The van der Waals surface area contributed by atoms with E-state index in [4.69, 9.17) is 5.11 Å². The normalized spacial score (nSPS) is 18.1. The molecule has 16 heavy (non-hydrogen) atoms. The molecule has 1 aromatic rings. The molecule has 0 amide bonds. The predicted octanol–water partition coefficient (Wildman–Crippen LogP) is 1.33. The third kappa shape index (κ3) is 2.02. The maximum Gasteiger partial charge on any atom is 0.244 e. The van der Waals surface area contributed by atoms with Crippen molar-refractivity contribution >= 4 is 21.4 Å². The maximum absolute atomic E-state index is 12.2. The van der Waals surface area contributed by atoms with Gasteiger partial charge in [0.2, 0.25) is 10.0 Å². The van der Waals surface area contributed by atoms with E-state index in [1.165, 1.54) is 15.6 Å². The largest absolute Gasteiger partial charge is 0.391 e. The third-order valence-electron chi connectivity index (χ3n) is 2.76. The van der Waals surface area contributed by atoms with Crippen LogP contribution >= 0.6 is 11.3 Å². The Morgan fingerprint density at radius 2 is 2.06 bits per heavy atom. The predicted molar refractivity (Wildman–Crippen MR) is 63.0 cm³/mol. The van der Waals surface area contributed by atoms with Crippen LogP contribution < -0.4 is 0 Å². The first-order chi connectivity index (χ1) is 7.55. The maximum atomic E-state index is 12.2. The fourth-order valence-electron chi connectivity index (χ4n) is 1.93. The average molecular weight is 261 g/mol. The second-order valence-corrected chi connectivity index (χ2v) is 7.15. The van der Waals surface area contributed by atoms with Crippen molar-refractivity contribution in [3.8, 4) is 0 Å². The molecule has 0 atom stereocenters. The summed E-state index contributed by atoms with van der Waals surface area (Å²) in [5.41, 5.74) is 0. The zero-order chi connectivity index (χ0) is 11.8. The first-order valence-electron chi connectivity index (χ1n) is 5.26. The Balaban J connectivity index is 2.38. The van der Waals surface area contributed by atoms with Gasteiger partial charge in [0.05, 0.1) is 11.5 Å². The first kappa shape index (κ1) is 12.0. The minimum absolute atomic E-state index is 0.0962. The van der Waals surface area contributed by atoms with E-state index in [0.717, 1.165) is 17.7 Å². The highest BCUT2D eigenvalue weighted by molar-refractivity contribution is 7.89. The van der Waals surface area contributed by atoms with Crippen LogP contribution in [0.15, 0.2) is 11.0 Å². The summed E-state index contributed by atoms with van der Waals surface area (Å²) in [6.45, 7) is 2.92. The summed E-state index contributed by atoms with van der Waals surface area (Å²) in [6.07, 6.45) is 1.88. The van der Waals surface area contributed by atoms with Crippen molar-refractivity contribution in [2.45, 2.75) is 31.3 Å². The highest BCUT2D eigenvalue weighted by Crippen LogP contribution is 2.29. The van der Waals surface area contributed by atoms with Crippen LogP contribution in [0.25, 0.3) is 0 Å². The van der Waals surface area contributed by atoms with Crippen molar-refractivity contribution in [2.24, 2.45) is 0 Å². The SMILES string of the molecule is Cc1sc(CO)cc1S(=O)(=O)N1CCCC1. The van der Waals surface area contributed by atoms with Crippen LogP contribution in [-0.4, -0.2) is 30.9 Å². The molecule has 2 rings (SSSR count). The standard InChI is InChI=1S/C10H15NO3S2/c1-8-10(6-9(7-12)15-8)16(13,14)11-4-2-3-5-11/h6,12H,2-5,7H2,1H3. The number of sulfonamides is 1. The van der Waals surface area contributed by atoms with E-state index < -0.39 is 10.0 Å². The zero-order valence-corrected chi connectivity index (χ0v) is 10.8. The van der Waals surface area contributed by atoms with E-state index >= 15 is 0 Å². The van der Waals surface area contributed by atoms with Gasteiger partial charge >= 0.3 is 0 Å². The van der Waals surface area contributed by atoms with Crippen LogP contribution in [0.5, 0.6) is 0 Å². The molecule has 1 aliphatic heterocycles. The minimum atomic E-state index is -3.33. The molecule has 4 nitrogen and oxygen atoms in total. The second kappa shape index (κ2) is 4.44. The fraction of sp³-hybridized carbons (Fsp3) is 0.600. The number of nitrogens with zero attached hydrogens (tertiary/aromatic N) is 1. The number of hydrogen-bond donors (Lipinski definition) is 1. The number of hydrogen-bond acceptors (Lipinski definition) is 4. The molecule has 2 heterocycles. The molecule has 0 spiro atoms. The molecular weight excluding hydrogens is 246 g/mol. The van der Waals surface area contributed by atoms with Crippen LogP contribution in [-0.2, 0) is 16.6 Å². The van der Waals surface area contributed by atoms with Crippen molar-refractivity contribution in [1.82, 2.24) is 4.31 Å². The Morgan fingerprint density at radius 1 is 1.44 bits per heavy atom. The average Bonchev–Trinajstić information content (AvgIpc) is 2.85. The van der Waals surface area contributed by atoms with Gasteiger partial charge in [0.1, 0.15) is 0 Å². The third-order valence-corrected chi connectivity index (χ3v) is 5.95. The van der Waals surface area contributed by atoms with Gasteiger partial charge in [-0.15, -0.1) is 11.3 Å². The van der Waals surface area contributed by atoms with Gasteiger partial charge in [0.15, 0.2) is 0 Å². The summed E-state index contributed by atoms with van der Waals surface area (Å²) in [4.78, 5) is 1.83. The van der Waals surface area contributed by atoms with Crippen molar-refractivity contribution in [1.29, 1.82) is 0 Å². The number of rotatable bonds is 3. The summed E-state index contributed by atoms with van der Waals surface area (Å²) in [7, 11) is -3.33. The number of aryl methyl sites for hydroxylation is 1. The van der Waals surface area contributed by atoms with E-state index in [1.807, 2.05) is 0 Å². The quantitative estimate of drug-likeness (QED) is 0.893. The van der Waals surface area contributed by atoms with Gasteiger partial charge in [-0.1, -0.05) is 0 Å². The Labute approximate surface area is 99.6 Å². The lowest BCUT2D eigenvalue weighted by atomic mass is 10.4. The lowest BCUT2D eigenvalue weighted by Gasteiger charge is -2.14. The van der Waals surface area contributed by atoms with Crippen LogP contribution in [0, 0.1) is 6.92 Å². The van der Waals surface area contributed by atoms with Gasteiger partial charge in [-0.2, -0.15) is 4.31 Å². The minimum Gasteiger partial charge on any atom is -0.391 e. The lowest BCUT2D eigenvalue weighted by molar-refractivity contribution is 0.285. The van der Waals surface area contributed by atoms with E-state index in [1.54, 1.807) is 13.0 Å². The van der Waals surface area contributed by atoms with Gasteiger partial charge in [-0.25, -0.2) is 8.42 Å². The summed E-state index contributed by atoms with van der Waals surface area (Å²) >= 11 is 1.34. The Bertz CT molecular complexity index is 472. The van der Waals surface area contributed by atoms with Crippen LogP contribution in [0.2, 0.25) is 0 Å². The van der Waals surface area contributed by atoms with Gasteiger partial charge in [-0.05, 0) is 25.8 Å². The molecule has 1 N–H and O–H groups in total. The van der Waals surface area contributed by atoms with Gasteiger partial charge in [-0.3, -0.25) is 0 Å². The van der Waals surface area contributed by atoms with Crippen molar-refractivity contribution in [2.75, 3.05) is 13.1 Å². The monoisotopic (exact) mass is 261 g/mol. The molecule has 1 fully saturated rings. The molecule has 6 heteroatoms. The Kier molecular flexibility index (Phi) is 3.34. The molecule has 1 aliphatic rings. The summed E-state index contributed by atoms with van der Waals surface area (Å²) < 4.78 is 26.0. The van der Waals surface area contributed by atoms with E-state index in [9.17, 15) is 8.42 Å². The van der Waals surface area contributed by atoms with Crippen LogP contribution in [0.3, 0.4) is 0 Å². The van der Waals surface area contributed by atoms with E-state index in [2.05, 4.69) is 0 Å². The fourth-order valence-corrected chi connectivity index (χ4v) is 4.91. The summed E-state index contributed by atoms with van der Waals surface area (Å²) in [6, 6.07) is 1.59. The molecule has 1 aromatic heterocycles. The summed E-state index contributed by atoms with van der Waals surface area (Å²) in [5.74, 6) is 0. The highest BCUT2D eigenvalue weighted by atomic mass is 32.2.